The number of hydrogen-bond acceptors (Lipinski definition) is 3. The summed E-state index contributed by atoms with van der Waals surface area (Å²) in [6.45, 7) is 0. The second-order valence-corrected chi connectivity index (χ2v) is 4.53. The molecule has 1 aromatic carbocycles. The van der Waals surface area contributed by atoms with Crippen LogP contribution in [0.4, 0.5) is 5.69 Å². The summed E-state index contributed by atoms with van der Waals surface area (Å²) < 4.78 is 0. The molecular weight excluding hydrogens is 281 g/mol. The highest BCUT2D eigenvalue weighted by atomic mass is 35.5. The lowest BCUT2D eigenvalue weighted by Crippen LogP contribution is -2.29. The Kier molecular flexibility index (Phi) is 3.28. The maximum absolute atomic E-state index is 11.6. The molecule has 2 rings (SSSR count). The van der Waals surface area contributed by atoms with E-state index in [1.807, 2.05) is 0 Å². The summed E-state index contributed by atoms with van der Waals surface area (Å²) >= 11 is 11.8. The maximum atomic E-state index is 11.6. The Bertz CT molecular complexity index is 531. The third-order valence-electron chi connectivity index (χ3n) is 2.54. The lowest BCUT2D eigenvalue weighted by molar-refractivity contribution is -0.121. The Morgan fingerprint density at radius 1 is 1.11 bits per heavy atom. The summed E-state index contributed by atoms with van der Waals surface area (Å²) in [6, 6.07) is 2.31. The number of hydrogen-bond donors (Lipinski definition) is 1. The molecule has 0 saturated carbocycles. The Morgan fingerprint density at radius 2 is 1.56 bits per heavy atom. The van der Waals surface area contributed by atoms with Gasteiger partial charge in [-0.2, -0.15) is 0 Å². The van der Waals surface area contributed by atoms with Crippen molar-refractivity contribution >= 4 is 46.7 Å². The summed E-state index contributed by atoms with van der Waals surface area (Å²) in [5.74, 6) is -1.98. The Morgan fingerprint density at radius 3 is 1.94 bits per heavy atom. The second kappa shape index (κ2) is 4.59. The van der Waals surface area contributed by atoms with Gasteiger partial charge in [0.2, 0.25) is 11.8 Å². The molecule has 1 N–H and O–H groups in total. The van der Waals surface area contributed by atoms with Crippen LogP contribution in [-0.2, 0) is 9.59 Å². The van der Waals surface area contributed by atoms with Crippen LogP contribution < -0.4 is 4.90 Å². The molecule has 1 aliphatic heterocycles. The third kappa shape index (κ3) is 2.07. The average molecular weight is 288 g/mol. The monoisotopic (exact) mass is 287 g/mol. The molecule has 0 aliphatic carbocycles. The van der Waals surface area contributed by atoms with E-state index < -0.39 is 17.8 Å². The van der Waals surface area contributed by atoms with Gasteiger partial charge in [0.15, 0.2) is 0 Å². The number of carboxylic acid groups (broad SMARTS) is 1. The molecular formula is C11H7Cl2NO4. The Labute approximate surface area is 112 Å². The number of rotatable bonds is 2. The van der Waals surface area contributed by atoms with Gasteiger partial charge in [-0.05, 0) is 12.1 Å². The van der Waals surface area contributed by atoms with E-state index in [0.717, 1.165) is 17.0 Å². The van der Waals surface area contributed by atoms with E-state index in [4.69, 9.17) is 28.3 Å². The fraction of sp³-hybridized carbons (Fsp3) is 0.182. The molecule has 0 atom stereocenters. The maximum Gasteiger partial charge on any atom is 0.335 e. The van der Waals surface area contributed by atoms with Gasteiger partial charge < -0.3 is 5.11 Å². The standard InChI is InChI=1S/C11H7Cl2NO4/c12-6-3-5(11(17)18)4-7(13)10(6)14-8(15)1-2-9(14)16/h3-4H,1-2H2,(H,17,18). The summed E-state index contributed by atoms with van der Waals surface area (Å²) in [7, 11) is 0. The number of carbonyl (C=O) groups excluding carboxylic acids is 2. The lowest BCUT2D eigenvalue weighted by Gasteiger charge is -2.17. The Hall–Kier alpha value is -1.59. The van der Waals surface area contributed by atoms with Gasteiger partial charge in [-0.25, -0.2) is 9.69 Å². The molecule has 94 valence electrons. The average Bonchev–Trinajstić information content (AvgIpc) is 2.59. The number of benzene rings is 1. The topological polar surface area (TPSA) is 74.7 Å². The number of amides is 2. The quantitative estimate of drug-likeness (QED) is 0.847. The Balaban J connectivity index is 2.55. The minimum Gasteiger partial charge on any atom is -0.478 e. The molecule has 1 saturated heterocycles. The number of nitrogens with zero attached hydrogens (tertiary/aromatic N) is 1. The van der Waals surface area contributed by atoms with E-state index >= 15 is 0 Å². The number of aromatic carboxylic acids is 1. The van der Waals surface area contributed by atoms with E-state index in [1.165, 1.54) is 0 Å². The van der Waals surface area contributed by atoms with Crippen LogP contribution in [0.5, 0.6) is 0 Å². The van der Waals surface area contributed by atoms with Gasteiger partial charge in [0.1, 0.15) is 0 Å². The first-order chi connectivity index (χ1) is 8.41. The molecule has 1 fully saturated rings. The molecule has 0 radical (unpaired) electrons. The largest absolute Gasteiger partial charge is 0.478 e. The van der Waals surface area contributed by atoms with Crippen LogP contribution in [0.1, 0.15) is 23.2 Å². The van der Waals surface area contributed by atoms with Gasteiger partial charge in [0.05, 0.1) is 21.3 Å². The minimum absolute atomic E-state index is 0.0384. The molecule has 0 aromatic heterocycles. The van der Waals surface area contributed by atoms with Gasteiger partial charge >= 0.3 is 5.97 Å². The molecule has 1 heterocycles. The summed E-state index contributed by atoms with van der Waals surface area (Å²) in [5, 5.41) is 8.75. The first-order valence-corrected chi connectivity index (χ1v) is 5.75. The molecule has 0 unspecified atom stereocenters. The van der Waals surface area contributed by atoms with Crippen molar-refractivity contribution in [1.29, 1.82) is 0 Å². The zero-order valence-electron chi connectivity index (χ0n) is 8.94. The molecule has 0 spiro atoms. The van der Waals surface area contributed by atoms with Crippen molar-refractivity contribution in [1.82, 2.24) is 0 Å². The fourth-order valence-corrected chi connectivity index (χ4v) is 2.38. The number of carboxylic acids is 1. The van der Waals surface area contributed by atoms with Crippen molar-refractivity contribution < 1.29 is 19.5 Å². The van der Waals surface area contributed by atoms with E-state index in [1.54, 1.807) is 0 Å². The van der Waals surface area contributed by atoms with E-state index in [9.17, 15) is 14.4 Å². The highest BCUT2D eigenvalue weighted by Gasteiger charge is 2.33. The van der Waals surface area contributed by atoms with Crippen molar-refractivity contribution in [3.63, 3.8) is 0 Å². The fourth-order valence-electron chi connectivity index (χ4n) is 1.73. The number of anilines is 1. The van der Waals surface area contributed by atoms with Gasteiger partial charge in [-0.15, -0.1) is 0 Å². The van der Waals surface area contributed by atoms with Crippen LogP contribution in [-0.4, -0.2) is 22.9 Å². The predicted octanol–water partition coefficient (Wildman–Crippen LogP) is 2.35. The second-order valence-electron chi connectivity index (χ2n) is 3.72. The van der Waals surface area contributed by atoms with Crippen molar-refractivity contribution in [2.24, 2.45) is 0 Å². The first kappa shape index (κ1) is 12.9. The van der Waals surface area contributed by atoms with Gasteiger partial charge in [0.25, 0.3) is 0 Å². The summed E-state index contributed by atoms with van der Waals surface area (Å²) in [6.07, 6.45) is 0.207. The molecule has 1 aromatic rings. The SMILES string of the molecule is O=C(O)c1cc(Cl)c(N2C(=O)CCC2=O)c(Cl)c1. The van der Waals surface area contributed by atoms with Crippen LogP contribution in [0.25, 0.3) is 0 Å². The van der Waals surface area contributed by atoms with E-state index in [-0.39, 0.29) is 34.1 Å². The van der Waals surface area contributed by atoms with E-state index in [0.29, 0.717) is 0 Å². The molecule has 1 aliphatic rings. The number of imide groups is 1. The highest BCUT2D eigenvalue weighted by molar-refractivity contribution is 6.42. The molecule has 0 bridgehead atoms. The predicted molar refractivity (Wildman–Crippen MR) is 65.1 cm³/mol. The molecule has 18 heavy (non-hydrogen) atoms. The van der Waals surface area contributed by atoms with Crippen molar-refractivity contribution in [2.75, 3.05) is 4.90 Å². The van der Waals surface area contributed by atoms with Crippen LogP contribution in [0.2, 0.25) is 10.0 Å². The summed E-state index contributed by atoms with van der Waals surface area (Å²) in [5.41, 5.74) is -0.0521. The van der Waals surface area contributed by atoms with Gasteiger partial charge in [-0.3, -0.25) is 9.59 Å². The highest BCUT2D eigenvalue weighted by Crippen LogP contribution is 2.37. The van der Waals surface area contributed by atoms with Crippen LogP contribution >= 0.6 is 23.2 Å². The van der Waals surface area contributed by atoms with Gasteiger partial charge in [-0.1, -0.05) is 23.2 Å². The van der Waals surface area contributed by atoms with Crippen LogP contribution in [0, 0.1) is 0 Å². The van der Waals surface area contributed by atoms with Gasteiger partial charge in [0, 0.05) is 12.8 Å². The zero-order chi connectivity index (χ0) is 13.4. The first-order valence-electron chi connectivity index (χ1n) is 5.00. The van der Waals surface area contributed by atoms with E-state index in [2.05, 4.69) is 0 Å². The molecule has 2 amide bonds. The number of carbonyl (C=O) groups is 3. The zero-order valence-corrected chi connectivity index (χ0v) is 10.5. The molecule has 5 nitrogen and oxygen atoms in total. The lowest BCUT2D eigenvalue weighted by atomic mass is 10.2. The normalized spacial score (nSPS) is 15.3. The third-order valence-corrected chi connectivity index (χ3v) is 3.12. The molecule has 7 heteroatoms. The van der Waals surface area contributed by atoms with Crippen molar-refractivity contribution in [3.8, 4) is 0 Å². The smallest absolute Gasteiger partial charge is 0.335 e. The minimum atomic E-state index is -1.19. The van der Waals surface area contributed by atoms with Crippen LogP contribution in [0.15, 0.2) is 12.1 Å². The van der Waals surface area contributed by atoms with Crippen molar-refractivity contribution in [3.05, 3.63) is 27.7 Å². The summed E-state index contributed by atoms with van der Waals surface area (Å²) in [4.78, 5) is 34.9. The van der Waals surface area contributed by atoms with Crippen LogP contribution in [0.3, 0.4) is 0 Å². The van der Waals surface area contributed by atoms with Crippen molar-refractivity contribution in [2.45, 2.75) is 12.8 Å². The number of halogens is 2.